The molecule has 6 heteroatoms. The predicted molar refractivity (Wildman–Crippen MR) is 206 cm³/mol. The van der Waals surface area contributed by atoms with Crippen LogP contribution >= 0.6 is 0 Å². The zero-order valence-electron chi connectivity index (χ0n) is 28.5. The molecule has 0 N–H and O–H groups in total. The molecule has 0 saturated carbocycles. The average molecular weight is 677 g/mol. The van der Waals surface area contributed by atoms with E-state index < -0.39 is 11.9 Å². The minimum atomic E-state index is -0.482. The molecule has 8 rings (SSSR count). The number of ether oxygens (including phenoxy) is 2. The molecule has 0 aliphatic heterocycles. The summed E-state index contributed by atoms with van der Waals surface area (Å²) in [4.78, 5) is 37.6. The van der Waals surface area contributed by atoms with Gasteiger partial charge in [-0.05, 0) is 96.8 Å². The Morgan fingerprint density at radius 1 is 0.423 bits per heavy atom. The number of pyridine rings is 2. The molecular formula is C46H32N2O4. The van der Waals surface area contributed by atoms with Crippen molar-refractivity contribution in [2.24, 2.45) is 0 Å². The van der Waals surface area contributed by atoms with Crippen molar-refractivity contribution in [3.05, 3.63) is 180 Å². The number of hydrogen-bond acceptors (Lipinski definition) is 6. The Kier molecular flexibility index (Phi) is 8.55. The molecule has 0 unspecified atom stereocenters. The van der Waals surface area contributed by atoms with Gasteiger partial charge in [0.05, 0.1) is 33.5 Å². The Hall–Kier alpha value is -6.92. The van der Waals surface area contributed by atoms with E-state index in [-0.39, 0.29) is 0 Å². The second-order valence-electron chi connectivity index (χ2n) is 12.7. The van der Waals surface area contributed by atoms with Crippen molar-refractivity contribution in [2.45, 2.75) is 13.8 Å². The van der Waals surface area contributed by atoms with Gasteiger partial charge >= 0.3 is 11.9 Å². The molecule has 2 heterocycles. The zero-order valence-corrected chi connectivity index (χ0v) is 28.5. The molecule has 0 amide bonds. The second kappa shape index (κ2) is 13.8. The first-order valence-corrected chi connectivity index (χ1v) is 17.0. The van der Waals surface area contributed by atoms with E-state index in [1.54, 1.807) is 24.3 Å². The van der Waals surface area contributed by atoms with Crippen molar-refractivity contribution >= 4 is 33.7 Å². The largest absolute Gasteiger partial charge is 0.423 e. The number of nitrogens with zero attached hydrogens (tertiary/aromatic N) is 2. The van der Waals surface area contributed by atoms with Crippen LogP contribution in [0.25, 0.3) is 55.4 Å². The first-order chi connectivity index (χ1) is 25.4. The quantitative estimate of drug-likeness (QED) is 0.123. The lowest BCUT2D eigenvalue weighted by molar-refractivity contribution is 0.0727. The summed E-state index contributed by atoms with van der Waals surface area (Å²) in [6.07, 6.45) is 0. The van der Waals surface area contributed by atoms with Crippen LogP contribution in [0.15, 0.2) is 158 Å². The van der Waals surface area contributed by atoms with Gasteiger partial charge < -0.3 is 9.47 Å². The van der Waals surface area contributed by atoms with Gasteiger partial charge in [0.15, 0.2) is 0 Å². The van der Waals surface area contributed by atoms with Crippen LogP contribution in [0.3, 0.4) is 0 Å². The summed E-state index contributed by atoms with van der Waals surface area (Å²) in [5, 5.41) is 1.29. The van der Waals surface area contributed by atoms with Gasteiger partial charge in [0.25, 0.3) is 0 Å². The molecule has 6 aromatic carbocycles. The van der Waals surface area contributed by atoms with Crippen molar-refractivity contribution in [2.75, 3.05) is 0 Å². The summed E-state index contributed by atoms with van der Waals surface area (Å²) < 4.78 is 11.8. The van der Waals surface area contributed by atoms with Crippen molar-refractivity contribution in [3.8, 4) is 45.1 Å². The minimum absolute atomic E-state index is 0.393. The molecule has 250 valence electrons. The van der Waals surface area contributed by atoms with Crippen LogP contribution in [0.1, 0.15) is 31.8 Å². The molecule has 0 fully saturated rings. The van der Waals surface area contributed by atoms with Crippen LogP contribution in [-0.4, -0.2) is 21.9 Å². The fraction of sp³-hybridized carbons (Fsp3) is 0.0435. The van der Waals surface area contributed by atoms with Gasteiger partial charge in [0.2, 0.25) is 0 Å². The number of benzene rings is 6. The maximum absolute atomic E-state index is 13.9. The number of aryl methyl sites for hydroxylation is 2. The van der Waals surface area contributed by atoms with E-state index in [2.05, 4.69) is 0 Å². The summed E-state index contributed by atoms with van der Waals surface area (Å²) in [6, 6.07) is 49.6. The monoisotopic (exact) mass is 676 g/mol. The average Bonchev–Trinajstić information content (AvgIpc) is 3.17. The Morgan fingerprint density at radius 2 is 0.846 bits per heavy atom. The van der Waals surface area contributed by atoms with Crippen LogP contribution in [0.5, 0.6) is 11.5 Å². The number of rotatable bonds is 7. The Balaban J connectivity index is 1.25. The third-order valence-electron chi connectivity index (χ3n) is 8.93. The van der Waals surface area contributed by atoms with Gasteiger partial charge in [-0.1, -0.05) is 97.1 Å². The van der Waals surface area contributed by atoms with E-state index in [9.17, 15) is 9.59 Å². The SMILES string of the molecule is Cc1cccc(OC(=O)c2cc(-c3ccccc3)nc3ccc(-c4ccc5nc(-c6ccccc6)cc(C(=O)Oc6cccc(C)c6)c5c4)cc23)c1. The summed E-state index contributed by atoms with van der Waals surface area (Å²) in [6.45, 7) is 3.91. The van der Waals surface area contributed by atoms with Gasteiger partial charge in [-0.15, -0.1) is 0 Å². The summed E-state index contributed by atoms with van der Waals surface area (Å²) in [7, 11) is 0. The molecule has 6 nitrogen and oxygen atoms in total. The predicted octanol–water partition coefficient (Wildman–Crippen LogP) is 10.8. The maximum atomic E-state index is 13.9. The Bertz CT molecular complexity index is 2450. The van der Waals surface area contributed by atoms with Crippen LogP contribution in [0, 0.1) is 13.8 Å². The molecule has 0 aliphatic carbocycles. The van der Waals surface area contributed by atoms with E-state index in [1.165, 1.54) is 0 Å². The highest BCUT2D eigenvalue weighted by Gasteiger charge is 2.20. The van der Waals surface area contributed by atoms with E-state index >= 15 is 0 Å². The standard InChI is InChI=1S/C46H32N2O4/c1-29-11-9-17-35(23-29)51-45(49)39-27-43(31-13-5-3-6-14-31)47-41-21-19-33(25-37(39)41)34-20-22-42-38(26-34)40(28-44(48-42)32-15-7-4-8-16-32)46(50)52-36-18-10-12-30(2)24-36/h3-28H,1-2H3. The summed E-state index contributed by atoms with van der Waals surface area (Å²) in [5.41, 5.74) is 8.84. The molecule has 2 aromatic heterocycles. The lowest BCUT2D eigenvalue weighted by Crippen LogP contribution is -2.10. The minimum Gasteiger partial charge on any atom is -0.423 e. The molecule has 0 saturated heterocycles. The van der Waals surface area contributed by atoms with Gasteiger partial charge in [-0.2, -0.15) is 0 Å². The first kappa shape index (κ1) is 32.3. The van der Waals surface area contributed by atoms with Crippen molar-refractivity contribution < 1.29 is 19.1 Å². The Morgan fingerprint density at radius 3 is 1.25 bits per heavy atom. The van der Waals surface area contributed by atoms with E-state index in [0.29, 0.717) is 55.8 Å². The third kappa shape index (κ3) is 6.65. The Labute approximate surface area is 301 Å². The summed E-state index contributed by atoms with van der Waals surface area (Å²) in [5.74, 6) is -0.0296. The molecule has 0 bridgehead atoms. The number of carbonyl (C=O) groups is 2. The van der Waals surface area contributed by atoms with Crippen LogP contribution in [-0.2, 0) is 0 Å². The molecule has 8 aromatic rings. The summed E-state index contributed by atoms with van der Waals surface area (Å²) >= 11 is 0. The first-order valence-electron chi connectivity index (χ1n) is 17.0. The molecule has 52 heavy (non-hydrogen) atoms. The van der Waals surface area contributed by atoms with Crippen molar-refractivity contribution in [1.29, 1.82) is 0 Å². The number of esters is 2. The third-order valence-corrected chi connectivity index (χ3v) is 8.93. The van der Waals surface area contributed by atoms with Crippen molar-refractivity contribution in [3.63, 3.8) is 0 Å². The molecule has 0 spiro atoms. The highest BCUT2D eigenvalue weighted by atomic mass is 16.5. The topological polar surface area (TPSA) is 78.4 Å². The normalized spacial score (nSPS) is 11.0. The zero-order chi connectivity index (χ0) is 35.6. The smallest absolute Gasteiger partial charge is 0.344 e. The molecular weight excluding hydrogens is 645 g/mol. The molecule has 0 atom stereocenters. The van der Waals surface area contributed by atoms with E-state index in [0.717, 1.165) is 33.4 Å². The fourth-order valence-electron chi connectivity index (χ4n) is 6.34. The second-order valence-corrected chi connectivity index (χ2v) is 12.7. The van der Waals surface area contributed by atoms with Crippen LogP contribution in [0.4, 0.5) is 0 Å². The maximum Gasteiger partial charge on any atom is 0.344 e. The lowest BCUT2D eigenvalue weighted by Gasteiger charge is -2.13. The molecule has 0 aliphatic rings. The number of hydrogen-bond donors (Lipinski definition) is 0. The van der Waals surface area contributed by atoms with Gasteiger partial charge in [-0.25, -0.2) is 19.6 Å². The fourth-order valence-corrected chi connectivity index (χ4v) is 6.34. The van der Waals surface area contributed by atoms with Gasteiger partial charge in [-0.3, -0.25) is 0 Å². The van der Waals surface area contributed by atoms with Gasteiger partial charge in [0.1, 0.15) is 11.5 Å². The number of aromatic nitrogens is 2. The highest BCUT2D eigenvalue weighted by molar-refractivity contribution is 6.08. The highest BCUT2D eigenvalue weighted by Crippen LogP contribution is 2.34. The van der Waals surface area contributed by atoms with Crippen LogP contribution < -0.4 is 9.47 Å². The van der Waals surface area contributed by atoms with Crippen LogP contribution in [0.2, 0.25) is 0 Å². The van der Waals surface area contributed by atoms with Gasteiger partial charge in [0, 0.05) is 21.9 Å². The van der Waals surface area contributed by atoms with Crippen molar-refractivity contribution in [1.82, 2.24) is 9.97 Å². The number of carbonyl (C=O) groups excluding carboxylic acids is 2. The number of fused-ring (bicyclic) bond motifs is 2. The van der Waals surface area contributed by atoms with E-state index in [1.807, 2.05) is 147 Å². The lowest BCUT2D eigenvalue weighted by atomic mass is 9.96. The van der Waals surface area contributed by atoms with E-state index in [4.69, 9.17) is 19.4 Å². The molecule has 0 radical (unpaired) electrons.